The van der Waals surface area contributed by atoms with Gasteiger partial charge in [0.25, 0.3) is 0 Å². The molecule has 1 aliphatic rings. The average Bonchev–Trinajstić information content (AvgIpc) is 2.55. The second-order valence-electron chi connectivity index (χ2n) is 4.91. The molecule has 2 rings (SSSR count). The van der Waals surface area contributed by atoms with Crippen LogP contribution in [-0.4, -0.2) is 61.8 Å². The third-order valence-corrected chi connectivity index (χ3v) is 3.53. The zero-order valence-electron chi connectivity index (χ0n) is 12.9. The molecule has 120 valence electrons. The van der Waals surface area contributed by atoms with Crippen molar-refractivity contribution < 1.29 is 19.1 Å². The Labute approximate surface area is 129 Å². The Balaban J connectivity index is 1.75. The summed E-state index contributed by atoms with van der Waals surface area (Å²) in [5, 5.41) is 2.70. The molecular formula is C15H21N3O4. The van der Waals surface area contributed by atoms with Gasteiger partial charge in [-0.05, 0) is 12.1 Å². The molecule has 0 radical (unpaired) electrons. The lowest BCUT2D eigenvalue weighted by Crippen LogP contribution is -2.53. The third-order valence-electron chi connectivity index (χ3n) is 3.53. The SMILES string of the molecule is COc1ccccc1OCNC(=O)N1CCN(C(C)=O)CC1. The minimum absolute atomic E-state index is 0.0413. The highest BCUT2D eigenvalue weighted by molar-refractivity contribution is 5.76. The average molecular weight is 307 g/mol. The number of methoxy groups -OCH3 is 1. The first-order chi connectivity index (χ1) is 10.6. The maximum atomic E-state index is 12.0. The van der Waals surface area contributed by atoms with Gasteiger partial charge in [0, 0.05) is 33.1 Å². The first kappa shape index (κ1) is 15.9. The molecule has 0 saturated carbocycles. The Hall–Kier alpha value is -2.44. The normalized spacial score (nSPS) is 14.5. The van der Waals surface area contributed by atoms with E-state index < -0.39 is 0 Å². The summed E-state index contributed by atoms with van der Waals surface area (Å²) in [6, 6.07) is 7.05. The first-order valence-electron chi connectivity index (χ1n) is 7.16. The maximum absolute atomic E-state index is 12.0. The van der Waals surface area contributed by atoms with Crippen molar-refractivity contribution in [1.82, 2.24) is 15.1 Å². The van der Waals surface area contributed by atoms with Gasteiger partial charge in [-0.2, -0.15) is 0 Å². The van der Waals surface area contributed by atoms with Gasteiger partial charge >= 0.3 is 6.03 Å². The van der Waals surface area contributed by atoms with Gasteiger partial charge in [-0.3, -0.25) is 4.79 Å². The van der Waals surface area contributed by atoms with Crippen LogP contribution in [0.1, 0.15) is 6.92 Å². The molecule has 1 N–H and O–H groups in total. The fourth-order valence-corrected chi connectivity index (χ4v) is 2.25. The number of urea groups is 1. The van der Waals surface area contributed by atoms with E-state index in [1.807, 2.05) is 12.1 Å². The van der Waals surface area contributed by atoms with Crippen molar-refractivity contribution in [2.24, 2.45) is 0 Å². The molecule has 1 fully saturated rings. The molecule has 1 heterocycles. The minimum atomic E-state index is -0.196. The summed E-state index contributed by atoms with van der Waals surface area (Å²) in [5.74, 6) is 1.23. The quantitative estimate of drug-likeness (QED) is 0.839. The van der Waals surface area contributed by atoms with Crippen molar-refractivity contribution in [3.8, 4) is 11.5 Å². The molecule has 7 heteroatoms. The molecule has 0 spiro atoms. The number of nitrogens with zero attached hydrogens (tertiary/aromatic N) is 2. The lowest BCUT2D eigenvalue weighted by molar-refractivity contribution is -0.130. The van der Waals surface area contributed by atoms with Crippen LogP contribution >= 0.6 is 0 Å². The highest BCUT2D eigenvalue weighted by Gasteiger charge is 2.22. The molecule has 0 bridgehead atoms. The first-order valence-corrected chi connectivity index (χ1v) is 7.16. The van der Waals surface area contributed by atoms with Crippen LogP contribution in [0, 0.1) is 0 Å². The molecule has 1 aromatic rings. The number of carbonyl (C=O) groups is 2. The summed E-state index contributed by atoms with van der Waals surface area (Å²) in [5.41, 5.74) is 0. The van der Waals surface area contributed by atoms with Gasteiger partial charge < -0.3 is 24.6 Å². The number of benzene rings is 1. The van der Waals surface area contributed by atoms with Gasteiger partial charge in [0.2, 0.25) is 5.91 Å². The molecule has 1 saturated heterocycles. The highest BCUT2D eigenvalue weighted by Crippen LogP contribution is 2.25. The molecular weight excluding hydrogens is 286 g/mol. The van der Waals surface area contributed by atoms with Gasteiger partial charge in [0.1, 0.15) is 0 Å². The molecule has 1 aliphatic heterocycles. The second-order valence-corrected chi connectivity index (χ2v) is 4.91. The number of para-hydroxylation sites is 2. The zero-order chi connectivity index (χ0) is 15.9. The van der Waals surface area contributed by atoms with Gasteiger partial charge in [-0.15, -0.1) is 0 Å². The number of hydrogen-bond donors (Lipinski definition) is 1. The fourth-order valence-electron chi connectivity index (χ4n) is 2.25. The van der Waals surface area contributed by atoms with Crippen LogP contribution in [0.4, 0.5) is 4.79 Å². The predicted octanol–water partition coefficient (Wildman–Crippen LogP) is 0.905. The minimum Gasteiger partial charge on any atom is -0.493 e. The Kier molecular flexibility index (Phi) is 5.46. The zero-order valence-corrected chi connectivity index (χ0v) is 12.9. The number of rotatable bonds is 4. The van der Waals surface area contributed by atoms with E-state index in [2.05, 4.69) is 5.32 Å². The molecule has 7 nitrogen and oxygen atoms in total. The summed E-state index contributed by atoms with van der Waals surface area (Å²) in [6.45, 7) is 3.79. The Morgan fingerprint density at radius 2 is 1.68 bits per heavy atom. The highest BCUT2D eigenvalue weighted by atomic mass is 16.5. The van der Waals surface area contributed by atoms with Gasteiger partial charge in [0.05, 0.1) is 7.11 Å². The van der Waals surface area contributed by atoms with Crippen LogP contribution in [0.15, 0.2) is 24.3 Å². The van der Waals surface area contributed by atoms with Crippen molar-refractivity contribution >= 4 is 11.9 Å². The van der Waals surface area contributed by atoms with E-state index >= 15 is 0 Å². The van der Waals surface area contributed by atoms with Crippen molar-refractivity contribution in [2.45, 2.75) is 6.92 Å². The number of piperazine rings is 1. The van der Waals surface area contributed by atoms with E-state index in [-0.39, 0.29) is 18.7 Å². The van der Waals surface area contributed by atoms with Crippen LogP contribution in [0.3, 0.4) is 0 Å². The van der Waals surface area contributed by atoms with Crippen molar-refractivity contribution in [3.05, 3.63) is 24.3 Å². The number of hydrogen-bond acceptors (Lipinski definition) is 4. The summed E-state index contributed by atoms with van der Waals surface area (Å²) in [4.78, 5) is 26.7. The van der Waals surface area contributed by atoms with Crippen LogP contribution in [0.5, 0.6) is 11.5 Å². The maximum Gasteiger partial charge on any atom is 0.320 e. The standard InChI is InChI=1S/C15H21N3O4/c1-12(19)17-7-9-18(10-8-17)15(20)16-11-22-14-6-4-3-5-13(14)21-2/h3-6H,7-11H2,1-2H3,(H,16,20). The van der Waals surface area contributed by atoms with Gasteiger partial charge in [-0.25, -0.2) is 4.79 Å². The Morgan fingerprint density at radius 3 is 2.27 bits per heavy atom. The van der Waals surface area contributed by atoms with Crippen molar-refractivity contribution in [1.29, 1.82) is 0 Å². The molecule has 0 unspecified atom stereocenters. The summed E-state index contributed by atoms with van der Waals surface area (Å²) in [6.07, 6.45) is 0. The van der Waals surface area contributed by atoms with Crippen LogP contribution < -0.4 is 14.8 Å². The number of nitrogens with one attached hydrogen (secondary N) is 1. The van der Waals surface area contributed by atoms with Crippen molar-refractivity contribution in [2.75, 3.05) is 40.0 Å². The van der Waals surface area contributed by atoms with E-state index in [0.717, 1.165) is 0 Å². The van der Waals surface area contributed by atoms with Crippen LogP contribution in [0.2, 0.25) is 0 Å². The van der Waals surface area contributed by atoms with Crippen LogP contribution in [-0.2, 0) is 4.79 Å². The number of ether oxygens (including phenoxy) is 2. The molecule has 0 atom stereocenters. The lowest BCUT2D eigenvalue weighted by Gasteiger charge is -2.34. The summed E-state index contributed by atoms with van der Waals surface area (Å²) >= 11 is 0. The molecule has 22 heavy (non-hydrogen) atoms. The topological polar surface area (TPSA) is 71.1 Å². The molecule has 0 aliphatic carbocycles. The smallest absolute Gasteiger partial charge is 0.320 e. The lowest BCUT2D eigenvalue weighted by atomic mass is 10.3. The predicted molar refractivity (Wildman–Crippen MR) is 80.8 cm³/mol. The summed E-state index contributed by atoms with van der Waals surface area (Å²) < 4.78 is 10.7. The Morgan fingerprint density at radius 1 is 1.09 bits per heavy atom. The van der Waals surface area contributed by atoms with Gasteiger partial charge in [0.15, 0.2) is 18.2 Å². The van der Waals surface area contributed by atoms with E-state index in [1.54, 1.807) is 29.0 Å². The van der Waals surface area contributed by atoms with E-state index in [1.165, 1.54) is 6.92 Å². The second kappa shape index (κ2) is 7.53. The van der Waals surface area contributed by atoms with E-state index in [0.29, 0.717) is 37.7 Å². The van der Waals surface area contributed by atoms with E-state index in [4.69, 9.17) is 9.47 Å². The molecule has 3 amide bonds. The summed E-state index contributed by atoms with van der Waals surface area (Å²) in [7, 11) is 1.56. The monoisotopic (exact) mass is 307 g/mol. The molecule has 0 aromatic heterocycles. The Bertz CT molecular complexity index is 527. The largest absolute Gasteiger partial charge is 0.493 e. The van der Waals surface area contributed by atoms with Gasteiger partial charge in [-0.1, -0.05) is 12.1 Å². The molecule has 1 aromatic carbocycles. The van der Waals surface area contributed by atoms with Crippen molar-refractivity contribution in [3.63, 3.8) is 0 Å². The fraction of sp³-hybridized carbons (Fsp3) is 0.467. The van der Waals surface area contributed by atoms with Crippen LogP contribution in [0.25, 0.3) is 0 Å². The van der Waals surface area contributed by atoms with E-state index in [9.17, 15) is 9.59 Å². The number of amides is 3. The number of carbonyl (C=O) groups excluding carboxylic acids is 2. The third kappa shape index (κ3) is 4.03.